The summed E-state index contributed by atoms with van der Waals surface area (Å²) in [6.45, 7) is 0.519. The number of aryl methyl sites for hydroxylation is 1. The second kappa shape index (κ2) is 6.15. The summed E-state index contributed by atoms with van der Waals surface area (Å²) >= 11 is 6.20. The van der Waals surface area contributed by atoms with Crippen LogP contribution in [0.4, 0.5) is 0 Å². The lowest BCUT2D eigenvalue weighted by molar-refractivity contribution is 0.0955. The lowest BCUT2D eigenvalue weighted by Gasteiger charge is -2.09. The molecule has 0 radical (unpaired) electrons. The van der Waals surface area contributed by atoms with Gasteiger partial charge in [0.1, 0.15) is 0 Å². The van der Waals surface area contributed by atoms with Crippen LogP contribution in [-0.4, -0.2) is 27.2 Å². The first-order chi connectivity index (χ1) is 10.7. The summed E-state index contributed by atoms with van der Waals surface area (Å²) in [6, 6.07) is 9.09. The van der Waals surface area contributed by atoms with Crippen LogP contribution in [0.5, 0.6) is 0 Å². The number of rotatable bonds is 4. The van der Waals surface area contributed by atoms with Gasteiger partial charge in [-0.25, -0.2) is 0 Å². The van der Waals surface area contributed by atoms with Gasteiger partial charge in [-0.1, -0.05) is 17.7 Å². The largest absolute Gasteiger partial charge is 0.352 e. The van der Waals surface area contributed by atoms with E-state index >= 15 is 0 Å². The average molecular weight is 315 g/mol. The molecule has 1 N–H and O–H groups in total. The Labute approximate surface area is 132 Å². The third-order valence-corrected chi connectivity index (χ3v) is 3.87. The number of halogens is 1. The normalized spacial score (nSPS) is 10.8. The van der Waals surface area contributed by atoms with E-state index in [1.807, 2.05) is 25.2 Å². The number of hydrogen-bond donors (Lipinski definition) is 1. The second-order valence-corrected chi connectivity index (χ2v) is 5.35. The van der Waals surface area contributed by atoms with Crippen LogP contribution in [0, 0.1) is 0 Å². The van der Waals surface area contributed by atoms with Crippen molar-refractivity contribution in [2.24, 2.45) is 7.05 Å². The predicted octanol–water partition coefficient (Wildman–Crippen LogP) is 2.59. The molecule has 0 saturated heterocycles. The van der Waals surface area contributed by atoms with Gasteiger partial charge < -0.3 is 5.32 Å². The van der Waals surface area contributed by atoms with Gasteiger partial charge in [-0.3, -0.25) is 14.5 Å². The van der Waals surface area contributed by atoms with E-state index in [0.29, 0.717) is 23.6 Å². The molecule has 0 bridgehead atoms. The summed E-state index contributed by atoms with van der Waals surface area (Å²) in [6.07, 6.45) is 4.15. The number of aromatic nitrogens is 3. The van der Waals surface area contributed by atoms with Gasteiger partial charge >= 0.3 is 0 Å². The van der Waals surface area contributed by atoms with Crippen molar-refractivity contribution >= 4 is 28.4 Å². The van der Waals surface area contributed by atoms with Gasteiger partial charge in [0, 0.05) is 43.5 Å². The number of fused-ring (bicyclic) bond motifs is 1. The molecule has 1 amide bonds. The molecule has 0 spiro atoms. The van der Waals surface area contributed by atoms with Crippen LogP contribution in [0.3, 0.4) is 0 Å². The van der Waals surface area contributed by atoms with Crippen LogP contribution in [0.1, 0.15) is 16.1 Å². The van der Waals surface area contributed by atoms with Gasteiger partial charge in [-0.15, -0.1) is 0 Å². The monoisotopic (exact) mass is 314 g/mol. The van der Waals surface area contributed by atoms with E-state index in [4.69, 9.17) is 11.6 Å². The van der Waals surface area contributed by atoms with E-state index in [1.54, 1.807) is 29.2 Å². The van der Waals surface area contributed by atoms with Crippen molar-refractivity contribution in [1.82, 2.24) is 20.1 Å². The maximum atomic E-state index is 12.4. The van der Waals surface area contributed by atoms with Gasteiger partial charge in [-0.05, 0) is 24.3 Å². The minimum absolute atomic E-state index is 0.189. The van der Waals surface area contributed by atoms with Crippen LogP contribution in [0.25, 0.3) is 10.9 Å². The van der Waals surface area contributed by atoms with Gasteiger partial charge in [0.2, 0.25) is 0 Å². The summed E-state index contributed by atoms with van der Waals surface area (Å²) < 4.78 is 1.79. The summed E-state index contributed by atoms with van der Waals surface area (Å²) in [5, 5.41) is 8.19. The molecule has 0 fully saturated rings. The summed E-state index contributed by atoms with van der Waals surface area (Å²) in [5.41, 5.74) is 2.28. The molecule has 0 unspecified atom stereocenters. The van der Waals surface area contributed by atoms with Crippen LogP contribution in [0.15, 0.2) is 42.7 Å². The molecule has 6 heteroatoms. The van der Waals surface area contributed by atoms with Gasteiger partial charge in [0.05, 0.1) is 16.1 Å². The minimum Gasteiger partial charge on any atom is -0.352 e. The Kier molecular flexibility index (Phi) is 4.06. The number of nitrogens with one attached hydrogen (secondary N) is 1. The molecule has 0 aliphatic rings. The first-order valence-corrected chi connectivity index (χ1v) is 7.33. The molecule has 112 valence electrons. The highest BCUT2D eigenvalue weighted by molar-refractivity contribution is 6.35. The third kappa shape index (κ3) is 2.80. The number of carbonyl (C=O) groups is 1. The van der Waals surface area contributed by atoms with E-state index in [-0.39, 0.29) is 5.91 Å². The minimum atomic E-state index is -0.189. The number of hydrogen-bond acceptors (Lipinski definition) is 3. The van der Waals surface area contributed by atoms with E-state index < -0.39 is 0 Å². The molecule has 2 aromatic heterocycles. The summed E-state index contributed by atoms with van der Waals surface area (Å²) in [5.74, 6) is -0.189. The topological polar surface area (TPSA) is 59.8 Å². The van der Waals surface area contributed by atoms with Crippen LogP contribution in [0.2, 0.25) is 5.02 Å². The van der Waals surface area contributed by atoms with Gasteiger partial charge in [0.25, 0.3) is 5.91 Å². The highest BCUT2D eigenvalue weighted by atomic mass is 35.5. The van der Waals surface area contributed by atoms with E-state index in [9.17, 15) is 4.79 Å². The van der Waals surface area contributed by atoms with Gasteiger partial charge in [0.15, 0.2) is 0 Å². The number of carbonyl (C=O) groups excluding carboxylic acids is 1. The lowest BCUT2D eigenvalue weighted by Crippen LogP contribution is -2.26. The summed E-state index contributed by atoms with van der Waals surface area (Å²) in [7, 11) is 1.88. The fourth-order valence-corrected chi connectivity index (χ4v) is 2.65. The molecule has 5 nitrogen and oxygen atoms in total. The molecule has 3 rings (SSSR count). The molecule has 1 aromatic carbocycles. The zero-order valence-electron chi connectivity index (χ0n) is 12.1. The highest BCUT2D eigenvalue weighted by Gasteiger charge is 2.14. The third-order valence-electron chi connectivity index (χ3n) is 3.55. The van der Waals surface area contributed by atoms with Crippen molar-refractivity contribution in [1.29, 1.82) is 0 Å². The molecule has 0 aliphatic heterocycles. The SMILES string of the molecule is Cn1nccc1CCNC(=O)c1c(Cl)ccc2ncccc12. The van der Waals surface area contributed by atoms with Crippen LogP contribution < -0.4 is 5.32 Å². The Morgan fingerprint density at radius 3 is 2.91 bits per heavy atom. The van der Waals surface area contributed by atoms with Crippen molar-refractivity contribution in [2.45, 2.75) is 6.42 Å². The zero-order valence-corrected chi connectivity index (χ0v) is 12.8. The Morgan fingerprint density at radius 1 is 1.27 bits per heavy atom. The van der Waals surface area contributed by atoms with Crippen molar-refractivity contribution in [3.63, 3.8) is 0 Å². The molecular weight excluding hydrogens is 300 g/mol. The first kappa shape index (κ1) is 14.5. The van der Waals surface area contributed by atoms with Crippen molar-refractivity contribution in [3.8, 4) is 0 Å². The predicted molar refractivity (Wildman–Crippen MR) is 86.0 cm³/mol. The molecule has 0 saturated carbocycles. The number of pyridine rings is 1. The average Bonchev–Trinajstić information content (AvgIpc) is 2.92. The molecule has 3 aromatic rings. The zero-order chi connectivity index (χ0) is 15.5. The molecular formula is C16H15ClN4O. The number of nitrogens with zero attached hydrogens (tertiary/aromatic N) is 3. The van der Waals surface area contributed by atoms with E-state index in [1.165, 1.54) is 0 Å². The Balaban J connectivity index is 1.78. The Hall–Kier alpha value is -2.40. The highest BCUT2D eigenvalue weighted by Crippen LogP contribution is 2.24. The quantitative estimate of drug-likeness (QED) is 0.805. The maximum absolute atomic E-state index is 12.4. The summed E-state index contributed by atoms with van der Waals surface area (Å²) in [4.78, 5) is 16.7. The molecule has 0 atom stereocenters. The van der Waals surface area contributed by atoms with Crippen molar-refractivity contribution < 1.29 is 4.79 Å². The van der Waals surface area contributed by atoms with E-state index in [2.05, 4.69) is 15.4 Å². The molecule has 0 aliphatic carbocycles. The molecule has 2 heterocycles. The second-order valence-electron chi connectivity index (χ2n) is 4.94. The first-order valence-electron chi connectivity index (χ1n) is 6.95. The Bertz CT molecular complexity index is 828. The van der Waals surface area contributed by atoms with Crippen LogP contribution in [-0.2, 0) is 13.5 Å². The van der Waals surface area contributed by atoms with Crippen molar-refractivity contribution in [3.05, 3.63) is 59.0 Å². The lowest BCUT2D eigenvalue weighted by atomic mass is 10.1. The van der Waals surface area contributed by atoms with Gasteiger partial charge in [-0.2, -0.15) is 5.10 Å². The molecule has 22 heavy (non-hydrogen) atoms. The number of benzene rings is 1. The van der Waals surface area contributed by atoms with Crippen molar-refractivity contribution in [2.75, 3.05) is 6.54 Å². The maximum Gasteiger partial charge on any atom is 0.253 e. The fraction of sp³-hybridized carbons (Fsp3) is 0.188. The van der Waals surface area contributed by atoms with E-state index in [0.717, 1.165) is 16.6 Å². The van der Waals surface area contributed by atoms with Crippen LogP contribution >= 0.6 is 11.6 Å². The standard InChI is InChI=1S/C16H15ClN4O/c1-21-11(7-10-20-21)6-9-19-16(22)15-12-3-2-8-18-14(12)5-4-13(15)17/h2-5,7-8,10H,6,9H2,1H3,(H,19,22). The Morgan fingerprint density at radius 2 is 2.14 bits per heavy atom. The number of amides is 1. The smallest absolute Gasteiger partial charge is 0.253 e. The fourth-order valence-electron chi connectivity index (χ4n) is 2.40.